The van der Waals surface area contributed by atoms with Gasteiger partial charge in [-0.15, -0.1) is 0 Å². The summed E-state index contributed by atoms with van der Waals surface area (Å²) in [7, 11) is 0. The smallest absolute Gasteiger partial charge is 0.0636 e. The van der Waals surface area contributed by atoms with Gasteiger partial charge in [-0.2, -0.15) is 0 Å². The number of aliphatic hydroxyl groups excluding tert-OH is 1. The SMILES string of the molecule is CC(O)CNCC1(C)CC1. The van der Waals surface area contributed by atoms with Crippen LogP contribution in [-0.2, 0) is 0 Å². The average Bonchev–Trinajstić information content (AvgIpc) is 2.47. The Morgan fingerprint density at radius 1 is 1.60 bits per heavy atom. The molecule has 1 atom stereocenters. The molecule has 1 saturated carbocycles. The van der Waals surface area contributed by atoms with Gasteiger partial charge in [0.1, 0.15) is 0 Å². The van der Waals surface area contributed by atoms with E-state index in [2.05, 4.69) is 12.2 Å². The third-order valence-corrected chi connectivity index (χ3v) is 2.10. The van der Waals surface area contributed by atoms with Crippen molar-refractivity contribution in [3.8, 4) is 0 Å². The van der Waals surface area contributed by atoms with Crippen molar-refractivity contribution in [2.75, 3.05) is 13.1 Å². The van der Waals surface area contributed by atoms with Crippen LogP contribution in [0.2, 0.25) is 0 Å². The molecule has 0 amide bonds. The molecule has 1 fully saturated rings. The Bertz CT molecular complexity index is 108. The molecule has 1 aliphatic carbocycles. The van der Waals surface area contributed by atoms with Crippen LogP contribution in [0.15, 0.2) is 0 Å². The molecule has 0 aromatic carbocycles. The Morgan fingerprint density at radius 2 is 2.20 bits per heavy atom. The van der Waals surface area contributed by atoms with E-state index >= 15 is 0 Å². The molecule has 2 N–H and O–H groups in total. The summed E-state index contributed by atoms with van der Waals surface area (Å²) >= 11 is 0. The van der Waals surface area contributed by atoms with Crippen LogP contribution in [0.3, 0.4) is 0 Å². The van der Waals surface area contributed by atoms with Crippen molar-refractivity contribution in [3.63, 3.8) is 0 Å². The largest absolute Gasteiger partial charge is 0.392 e. The van der Waals surface area contributed by atoms with Crippen molar-refractivity contribution in [3.05, 3.63) is 0 Å². The van der Waals surface area contributed by atoms with Gasteiger partial charge in [0.05, 0.1) is 6.10 Å². The molecule has 0 aromatic rings. The van der Waals surface area contributed by atoms with Crippen LogP contribution < -0.4 is 5.32 Å². The van der Waals surface area contributed by atoms with Gasteiger partial charge in [0, 0.05) is 13.1 Å². The summed E-state index contributed by atoms with van der Waals surface area (Å²) in [4.78, 5) is 0. The van der Waals surface area contributed by atoms with Gasteiger partial charge < -0.3 is 10.4 Å². The van der Waals surface area contributed by atoms with Crippen LogP contribution in [0.4, 0.5) is 0 Å². The van der Waals surface area contributed by atoms with Crippen molar-refractivity contribution < 1.29 is 5.11 Å². The minimum atomic E-state index is -0.206. The Kier molecular flexibility index (Phi) is 2.32. The Hall–Kier alpha value is -0.0800. The van der Waals surface area contributed by atoms with Crippen molar-refractivity contribution in [1.29, 1.82) is 0 Å². The van der Waals surface area contributed by atoms with E-state index in [1.807, 2.05) is 6.92 Å². The zero-order valence-electron chi connectivity index (χ0n) is 6.85. The number of aliphatic hydroxyl groups is 1. The fourth-order valence-electron chi connectivity index (χ4n) is 0.973. The summed E-state index contributed by atoms with van der Waals surface area (Å²) in [5, 5.41) is 12.1. The van der Waals surface area contributed by atoms with E-state index in [-0.39, 0.29) is 6.10 Å². The second-order valence-electron chi connectivity index (χ2n) is 3.79. The second-order valence-corrected chi connectivity index (χ2v) is 3.79. The third-order valence-electron chi connectivity index (χ3n) is 2.10. The lowest BCUT2D eigenvalue weighted by molar-refractivity contribution is 0.189. The summed E-state index contributed by atoms with van der Waals surface area (Å²) in [6.07, 6.45) is 2.49. The highest BCUT2D eigenvalue weighted by Gasteiger charge is 2.36. The van der Waals surface area contributed by atoms with Gasteiger partial charge in [0.25, 0.3) is 0 Å². The first kappa shape index (κ1) is 8.02. The molecule has 0 bridgehead atoms. The number of nitrogens with one attached hydrogen (secondary N) is 1. The lowest BCUT2D eigenvalue weighted by Crippen LogP contribution is -2.29. The maximum atomic E-state index is 8.91. The first-order valence-electron chi connectivity index (χ1n) is 4.01. The van der Waals surface area contributed by atoms with Crippen molar-refractivity contribution in [2.24, 2.45) is 5.41 Å². The fourth-order valence-corrected chi connectivity index (χ4v) is 0.973. The zero-order chi connectivity index (χ0) is 7.61. The summed E-state index contributed by atoms with van der Waals surface area (Å²) in [5.74, 6) is 0. The molecular weight excluding hydrogens is 126 g/mol. The maximum Gasteiger partial charge on any atom is 0.0636 e. The second kappa shape index (κ2) is 2.89. The number of rotatable bonds is 4. The number of hydrogen-bond donors (Lipinski definition) is 2. The van der Waals surface area contributed by atoms with Gasteiger partial charge in [-0.25, -0.2) is 0 Å². The first-order chi connectivity index (χ1) is 4.62. The highest BCUT2D eigenvalue weighted by Crippen LogP contribution is 2.43. The third kappa shape index (κ3) is 2.67. The van der Waals surface area contributed by atoms with Crippen molar-refractivity contribution in [2.45, 2.75) is 32.8 Å². The minimum absolute atomic E-state index is 0.206. The molecule has 10 heavy (non-hydrogen) atoms. The minimum Gasteiger partial charge on any atom is -0.392 e. The monoisotopic (exact) mass is 143 g/mol. The van der Waals surface area contributed by atoms with Crippen LogP contribution in [0.1, 0.15) is 26.7 Å². The molecule has 0 radical (unpaired) electrons. The van der Waals surface area contributed by atoms with Crippen molar-refractivity contribution >= 4 is 0 Å². The molecule has 60 valence electrons. The van der Waals surface area contributed by atoms with Gasteiger partial charge in [-0.3, -0.25) is 0 Å². The van der Waals surface area contributed by atoms with Gasteiger partial charge in [0.2, 0.25) is 0 Å². The van der Waals surface area contributed by atoms with E-state index in [9.17, 15) is 0 Å². The van der Waals surface area contributed by atoms with E-state index in [4.69, 9.17) is 5.11 Å². The molecular formula is C8H17NO. The maximum absolute atomic E-state index is 8.91. The lowest BCUT2D eigenvalue weighted by atomic mass is 10.1. The van der Waals surface area contributed by atoms with Gasteiger partial charge in [0.15, 0.2) is 0 Å². The molecule has 1 aliphatic rings. The Morgan fingerprint density at radius 3 is 2.60 bits per heavy atom. The van der Waals surface area contributed by atoms with Gasteiger partial charge in [-0.1, -0.05) is 6.92 Å². The topological polar surface area (TPSA) is 32.3 Å². The normalized spacial score (nSPS) is 24.3. The molecule has 0 aromatic heterocycles. The van der Waals surface area contributed by atoms with Crippen LogP contribution in [0, 0.1) is 5.41 Å². The van der Waals surface area contributed by atoms with Crippen LogP contribution >= 0.6 is 0 Å². The first-order valence-corrected chi connectivity index (χ1v) is 4.01. The molecule has 0 spiro atoms. The highest BCUT2D eigenvalue weighted by molar-refractivity contribution is 4.90. The fraction of sp³-hybridized carbons (Fsp3) is 1.00. The predicted octanol–water partition coefficient (Wildman–Crippen LogP) is 0.757. The average molecular weight is 143 g/mol. The van der Waals surface area contributed by atoms with Gasteiger partial charge >= 0.3 is 0 Å². The zero-order valence-corrected chi connectivity index (χ0v) is 6.85. The molecule has 0 aliphatic heterocycles. The van der Waals surface area contributed by atoms with Crippen LogP contribution in [-0.4, -0.2) is 24.3 Å². The Balaban J connectivity index is 1.95. The van der Waals surface area contributed by atoms with E-state index in [0.29, 0.717) is 5.41 Å². The van der Waals surface area contributed by atoms with E-state index in [0.717, 1.165) is 13.1 Å². The van der Waals surface area contributed by atoms with E-state index in [1.165, 1.54) is 12.8 Å². The summed E-state index contributed by atoms with van der Waals surface area (Å²) in [6, 6.07) is 0. The van der Waals surface area contributed by atoms with Gasteiger partial charge in [-0.05, 0) is 25.2 Å². The summed E-state index contributed by atoms with van der Waals surface area (Å²) < 4.78 is 0. The molecule has 1 rings (SSSR count). The van der Waals surface area contributed by atoms with Crippen LogP contribution in [0.25, 0.3) is 0 Å². The van der Waals surface area contributed by atoms with E-state index < -0.39 is 0 Å². The predicted molar refractivity (Wildman–Crippen MR) is 41.9 cm³/mol. The van der Waals surface area contributed by atoms with E-state index in [1.54, 1.807) is 0 Å². The molecule has 0 saturated heterocycles. The standard InChI is InChI=1S/C8H17NO/c1-7(10)5-9-6-8(2)3-4-8/h7,9-10H,3-6H2,1-2H3. The van der Waals surface area contributed by atoms with Crippen molar-refractivity contribution in [1.82, 2.24) is 5.32 Å². The quantitative estimate of drug-likeness (QED) is 0.609. The van der Waals surface area contributed by atoms with Crippen LogP contribution in [0.5, 0.6) is 0 Å². The molecule has 2 heteroatoms. The number of hydrogen-bond acceptors (Lipinski definition) is 2. The summed E-state index contributed by atoms with van der Waals surface area (Å²) in [5.41, 5.74) is 0.564. The molecule has 1 unspecified atom stereocenters. The Labute approximate surface area is 62.6 Å². The molecule has 2 nitrogen and oxygen atoms in total. The molecule has 0 heterocycles. The summed E-state index contributed by atoms with van der Waals surface area (Å²) in [6.45, 7) is 5.89. The lowest BCUT2D eigenvalue weighted by Gasteiger charge is -2.10. The highest BCUT2D eigenvalue weighted by atomic mass is 16.3.